The van der Waals surface area contributed by atoms with Crippen molar-refractivity contribution in [3.63, 3.8) is 0 Å². The summed E-state index contributed by atoms with van der Waals surface area (Å²) in [7, 11) is 1.60. The minimum absolute atomic E-state index is 0.214. The van der Waals surface area contributed by atoms with Gasteiger partial charge in [0.1, 0.15) is 5.75 Å². The van der Waals surface area contributed by atoms with Gasteiger partial charge in [-0.2, -0.15) is 0 Å². The number of esters is 1. The lowest BCUT2D eigenvalue weighted by atomic mass is 10.1. The Balaban J connectivity index is 1.41. The molecule has 2 aromatic carbocycles. The summed E-state index contributed by atoms with van der Waals surface area (Å²) in [5.74, 6) is 0.797. The number of rotatable bonds is 6. The van der Waals surface area contributed by atoms with E-state index in [0.717, 1.165) is 32.8 Å². The van der Waals surface area contributed by atoms with Crippen LogP contribution in [0, 0.1) is 0 Å². The third kappa shape index (κ3) is 4.20. The number of aromatic nitrogens is 3. The molecule has 3 aromatic heterocycles. The van der Waals surface area contributed by atoms with Crippen molar-refractivity contribution in [1.29, 1.82) is 0 Å². The fourth-order valence-corrected chi connectivity index (χ4v) is 4.10. The predicted octanol–water partition coefficient (Wildman–Crippen LogP) is 5.94. The third-order valence-electron chi connectivity index (χ3n) is 5.12. The standard InChI is InChI=1S/C25H19N3O4S/c1-15(23-27-28-24(32-23)16-9-11-17(30-2)12-10-16)31-25(29)19-14-21(22-8-5-13-33-22)26-20-7-4-3-6-18(19)20/h3-15H,1-2H3/t15-/m1/s1. The largest absolute Gasteiger partial charge is 0.497 e. The van der Waals surface area contributed by atoms with Crippen molar-refractivity contribution in [2.24, 2.45) is 0 Å². The normalized spacial score (nSPS) is 11.9. The Bertz CT molecular complexity index is 1410. The Morgan fingerprint density at radius 2 is 1.85 bits per heavy atom. The zero-order valence-corrected chi connectivity index (χ0v) is 18.7. The van der Waals surface area contributed by atoms with Crippen LogP contribution >= 0.6 is 11.3 Å². The van der Waals surface area contributed by atoms with E-state index in [2.05, 4.69) is 10.2 Å². The molecular weight excluding hydrogens is 438 g/mol. The second-order valence-electron chi connectivity index (χ2n) is 7.27. The third-order valence-corrected chi connectivity index (χ3v) is 6.01. The summed E-state index contributed by atoms with van der Waals surface area (Å²) in [5.41, 5.74) is 2.63. The van der Waals surface area contributed by atoms with Gasteiger partial charge in [-0.3, -0.25) is 0 Å². The van der Waals surface area contributed by atoms with Crippen LogP contribution in [0.15, 0.2) is 76.5 Å². The van der Waals surface area contributed by atoms with Crippen LogP contribution in [-0.2, 0) is 4.74 Å². The van der Waals surface area contributed by atoms with Crippen molar-refractivity contribution in [3.8, 4) is 27.8 Å². The number of ether oxygens (including phenoxy) is 2. The van der Waals surface area contributed by atoms with Gasteiger partial charge in [-0.15, -0.1) is 21.5 Å². The van der Waals surface area contributed by atoms with E-state index in [1.165, 1.54) is 0 Å². The molecule has 0 spiro atoms. The van der Waals surface area contributed by atoms with E-state index in [1.807, 2.05) is 66.0 Å². The number of methoxy groups -OCH3 is 1. The zero-order chi connectivity index (χ0) is 22.8. The number of para-hydroxylation sites is 1. The molecule has 0 bridgehead atoms. The van der Waals surface area contributed by atoms with Crippen LogP contribution < -0.4 is 4.74 Å². The average Bonchev–Trinajstić information content (AvgIpc) is 3.56. The van der Waals surface area contributed by atoms with Crippen molar-refractivity contribution < 1.29 is 18.7 Å². The van der Waals surface area contributed by atoms with Crippen LogP contribution in [0.2, 0.25) is 0 Å². The number of nitrogens with zero attached hydrogens (tertiary/aromatic N) is 3. The fourth-order valence-electron chi connectivity index (χ4n) is 3.42. The minimum atomic E-state index is -0.728. The molecule has 0 aliphatic heterocycles. The first kappa shape index (κ1) is 20.8. The molecule has 164 valence electrons. The van der Waals surface area contributed by atoms with Crippen molar-refractivity contribution in [2.75, 3.05) is 7.11 Å². The molecule has 0 unspecified atom stereocenters. The van der Waals surface area contributed by atoms with Crippen LogP contribution in [0.25, 0.3) is 32.9 Å². The second-order valence-corrected chi connectivity index (χ2v) is 8.22. The summed E-state index contributed by atoms with van der Waals surface area (Å²) < 4.78 is 16.6. The molecule has 0 saturated heterocycles. The lowest BCUT2D eigenvalue weighted by Crippen LogP contribution is -2.10. The molecule has 5 aromatic rings. The first-order valence-corrected chi connectivity index (χ1v) is 11.1. The number of carbonyl (C=O) groups is 1. The smallest absolute Gasteiger partial charge is 0.339 e. The SMILES string of the molecule is COc1ccc(-c2nnc([C@@H](C)OC(=O)c3cc(-c4cccs4)nc4ccccc34)o2)cc1. The molecule has 0 aliphatic rings. The maximum atomic E-state index is 13.2. The summed E-state index contributed by atoms with van der Waals surface area (Å²) >= 11 is 1.56. The van der Waals surface area contributed by atoms with Gasteiger partial charge >= 0.3 is 5.97 Å². The van der Waals surface area contributed by atoms with Crippen LogP contribution in [-0.4, -0.2) is 28.3 Å². The van der Waals surface area contributed by atoms with Gasteiger partial charge < -0.3 is 13.9 Å². The number of benzene rings is 2. The van der Waals surface area contributed by atoms with Gasteiger partial charge in [-0.1, -0.05) is 24.3 Å². The summed E-state index contributed by atoms with van der Waals surface area (Å²) in [6, 6.07) is 20.4. The maximum absolute atomic E-state index is 13.2. The molecule has 3 heterocycles. The first-order chi connectivity index (χ1) is 16.1. The molecule has 7 nitrogen and oxygen atoms in total. The van der Waals surface area contributed by atoms with Crippen LogP contribution in [0.1, 0.15) is 29.3 Å². The lowest BCUT2D eigenvalue weighted by Gasteiger charge is -2.12. The van der Waals surface area contributed by atoms with Gasteiger partial charge in [0.25, 0.3) is 5.89 Å². The number of carbonyl (C=O) groups excluding carboxylic acids is 1. The highest BCUT2D eigenvalue weighted by Crippen LogP contribution is 2.30. The summed E-state index contributed by atoms with van der Waals surface area (Å²) in [4.78, 5) is 18.8. The van der Waals surface area contributed by atoms with Gasteiger partial charge in [-0.25, -0.2) is 9.78 Å². The predicted molar refractivity (Wildman–Crippen MR) is 125 cm³/mol. The highest BCUT2D eigenvalue weighted by Gasteiger charge is 2.22. The van der Waals surface area contributed by atoms with Gasteiger partial charge in [-0.05, 0) is 54.8 Å². The van der Waals surface area contributed by atoms with Gasteiger partial charge in [0.2, 0.25) is 5.89 Å². The Hall–Kier alpha value is -4.04. The van der Waals surface area contributed by atoms with E-state index < -0.39 is 12.1 Å². The molecular formula is C25H19N3O4S. The summed E-state index contributed by atoms with van der Waals surface area (Å²) in [5, 5.41) is 10.8. The maximum Gasteiger partial charge on any atom is 0.339 e. The molecule has 8 heteroatoms. The lowest BCUT2D eigenvalue weighted by molar-refractivity contribution is 0.0282. The van der Waals surface area contributed by atoms with E-state index in [4.69, 9.17) is 18.9 Å². The van der Waals surface area contributed by atoms with Crippen molar-refractivity contribution in [2.45, 2.75) is 13.0 Å². The Morgan fingerprint density at radius 3 is 2.61 bits per heavy atom. The molecule has 5 rings (SSSR count). The molecule has 0 fully saturated rings. The Labute approximate surface area is 193 Å². The van der Waals surface area contributed by atoms with Gasteiger partial charge in [0.05, 0.1) is 28.8 Å². The van der Waals surface area contributed by atoms with Gasteiger partial charge in [0, 0.05) is 10.9 Å². The van der Waals surface area contributed by atoms with Crippen LogP contribution in [0.5, 0.6) is 5.75 Å². The van der Waals surface area contributed by atoms with Crippen LogP contribution in [0.3, 0.4) is 0 Å². The number of fused-ring (bicyclic) bond motifs is 1. The van der Waals surface area contributed by atoms with Gasteiger partial charge in [0.15, 0.2) is 6.10 Å². The molecule has 33 heavy (non-hydrogen) atoms. The fraction of sp³-hybridized carbons (Fsp3) is 0.120. The number of pyridine rings is 1. The van der Waals surface area contributed by atoms with E-state index in [0.29, 0.717) is 11.5 Å². The first-order valence-electron chi connectivity index (χ1n) is 10.2. The average molecular weight is 458 g/mol. The molecule has 1 atom stereocenters. The highest BCUT2D eigenvalue weighted by molar-refractivity contribution is 7.13. The highest BCUT2D eigenvalue weighted by atomic mass is 32.1. The second kappa shape index (κ2) is 8.84. The summed E-state index contributed by atoms with van der Waals surface area (Å²) in [6.07, 6.45) is -0.728. The molecule has 0 N–H and O–H groups in total. The van der Waals surface area contributed by atoms with Crippen molar-refractivity contribution >= 4 is 28.2 Å². The quantitative estimate of drug-likeness (QED) is 0.292. The number of hydrogen-bond donors (Lipinski definition) is 0. The van der Waals surface area contributed by atoms with E-state index in [-0.39, 0.29) is 5.89 Å². The molecule has 0 radical (unpaired) electrons. The van der Waals surface area contributed by atoms with Crippen LogP contribution in [0.4, 0.5) is 0 Å². The molecule has 0 aliphatic carbocycles. The Kier molecular flexibility index (Phi) is 5.58. The number of hydrogen-bond acceptors (Lipinski definition) is 8. The summed E-state index contributed by atoms with van der Waals surface area (Å²) in [6.45, 7) is 1.70. The van der Waals surface area contributed by atoms with Crippen molar-refractivity contribution in [1.82, 2.24) is 15.2 Å². The topological polar surface area (TPSA) is 87.3 Å². The van der Waals surface area contributed by atoms with E-state index >= 15 is 0 Å². The Morgan fingerprint density at radius 1 is 1.03 bits per heavy atom. The zero-order valence-electron chi connectivity index (χ0n) is 17.9. The van der Waals surface area contributed by atoms with Crippen molar-refractivity contribution in [3.05, 3.63) is 83.6 Å². The minimum Gasteiger partial charge on any atom is -0.497 e. The van der Waals surface area contributed by atoms with E-state index in [9.17, 15) is 4.79 Å². The molecule has 0 amide bonds. The molecule has 0 saturated carbocycles. The van der Waals surface area contributed by atoms with E-state index in [1.54, 1.807) is 31.4 Å². The monoisotopic (exact) mass is 457 g/mol. The number of thiophene rings is 1.